The summed E-state index contributed by atoms with van der Waals surface area (Å²) in [7, 11) is 0. The number of aromatic nitrogens is 3. The van der Waals surface area contributed by atoms with Crippen LogP contribution in [0.2, 0.25) is 0 Å². The van der Waals surface area contributed by atoms with Crippen LogP contribution in [0.25, 0.3) is 99.9 Å². The highest BCUT2D eigenvalue weighted by Gasteiger charge is 2.50. The minimum Gasteiger partial charge on any atom is -0.455 e. The third kappa shape index (κ3) is 5.30. The van der Waals surface area contributed by atoms with E-state index < -0.39 is 5.41 Å². The third-order valence-electron chi connectivity index (χ3n) is 13.5. The van der Waals surface area contributed by atoms with Crippen LogP contribution in [0.4, 0.5) is 0 Å². The summed E-state index contributed by atoms with van der Waals surface area (Å²) in [4.78, 5) is 18.5. The highest BCUT2D eigenvalue weighted by molar-refractivity contribution is 7.99. The first-order chi connectivity index (χ1) is 32.2. The summed E-state index contributed by atoms with van der Waals surface area (Å²) in [5.74, 6) is 0.652. The Bertz CT molecular complexity index is 3900. The van der Waals surface area contributed by atoms with Gasteiger partial charge in [0.25, 0.3) is 0 Å². The Hall–Kier alpha value is -8.12. The van der Waals surface area contributed by atoms with Crippen molar-refractivity contribution in [3.8, 4) is 56.3 Å². The summed E-state index contributed by atoms with van der Waals surface area (Å²) in [6.45, 7) is 0. The molecule has 0 amide bonds. The molecule has 0 bridgehead atoms. The van der Waals surface area contributed by atoms with Gasteiger partial charge in [0.1, 0.15) is 11.2 Å². The van der Waals surface area contributed by atoms with E-state index in [4.69, 9.17) is 19.4 Å². The number of pyridine rings is 1. The number of fused-ring (bicyclic) bond motifs is 15. The molecule has 3 aromatic heterocycles. The zero-order chi connectivity index (χ0) is 42.6. The highest BCUT2D eigenvalue weighted by Crippen LogP contribution is 2.62. The molecule has 14 rings (SSSR count). The molecule has 302 valence electrons. The first-order valence-corrected chi connectivity index (χ1v) is 22.8. The number of hydrogen-bond acceptors (Lipinski definition) is 5. The van der Waals surface area contributed by atoms with Gasteiger partial charge in [0, 0.05) is 53.6 Å². The van der Waals surface area contributed by atoms with Gasteiger partial charge in [-0.3, -0.25) is 0 Å². The maximum absolute atomic E-state index is 6.54. The second-order valence-electron chi connectivity index (χ2n) is 17.0. The lowest BCUT2D eigenvalue weighted by Crippen LogP contribution is -2.32. The Balaban J connectivity index is 0.993. The first kappa shape index (κ1) is 36.4. The van der Waals surface area contributed by atoms with Crippen molar-refractivity contribution < 1.29 is 4.42 Å². The van der Waals surface area contributed by atoms with E-state index in [2.05, 4.69) is 182 Å². The van der Waals surface area contributed by atoms with E-state index in [0.717, 1.165) is 77.6 Å². The zero-order valence-corrected chi connectivity index (χ0v) is 35.7. The van der Waals surface area contributed by atoms with Crippen molar-refractivity contribution in [1.82, 2.24) is 15.0 Å². The molecule has 1 aliphatic heterocycles. The molecule has 2 aliphatic rings. The van der Waals surface area contributed by atoms with Crippen molar-refractivity contribution >= 4 is 55.4 Å². The summed E-state index contributed by atoms with van der Waals surface area (Å²) in [6.07, 6.45) is 0. The Morgan fingerprint density at radius 2 is 1.00 bits per heavy atom. The van der Waals surface area contributed by atoms with Gasteiger partial charge in [-0.2, -0.15) is 0 Å². The molecule has 0 saturated carbocycles. The first-order valence-electron chi connectivity index (χ1n) is 22.0. The molecule has 4 heterocycles. The Morgan fingerprint density at radius 1 is 0.369 bits per heavy atom. The van der Waals surface area contributed by atoms with Gasteiger partial charge < -0.3 is 4.42 Å². The van der Waals surface area contributed by atoms with Crippen LogP contribution in [0.5, 0.6) is 0 Å². The number of para-hydroxylation sites is 3. The molecule has 12 aromatic rings. The summed E-state index contributed by atoms with van der Waals surface area (Å²) < 4.78 is 6.54. The van der Waals surface area contributed by atoms with Crippen LogP contribution in [0.3, 0.4) is 0 Å². The number of nitrogens with zero attached hydrogens (tertiary/aromatic N) is 3. The second-order valence-corrected chi connectivity index (χ2v) is 18.1. The van der Waals surface area contributed by atoms with Crippen molar-refractivity contribution in [1.29, 1.82) is 0 Å². The molecular weight excluding hydrogens is 811 g/mol. The molecular formula is C60H35N3OS. The molecule has 65 heavy (non-hydrogen) atoms. The van der Waals surface area contributed by atoms with Crippen molar-refractivity contribution in [2.45, 2.75) is 15.2 Å². The zero-order valence-electron chi connectivity index (χ0n) is 34.9. The molecule has 0 fully saturated rings. The number of hydrogen-bond donors (Lipinski definition) is 0. The van der Waals surface area contributed by atoms with Crippen LogP contribution in [0, 0.1) is 0 Å². The van der Waals surface area contributed by atoms with Gasteiger partial charge in [0.15, 0.2) is 5.82 Å². The molecule has 5 heteroatoms. The Morgan fingerprint density at radius 3 is 1.85 bits per heavy atom. The van der Waals surface area contributed by atoms with E-state index in [1.54, 1.807) is 0 Å². The quantitative estimate of drug-likeness (QED) is 0.165. The van der Waals surface area contributed by atoms with Crippen molar-refractivity contribution in [3.63, 3.8) is 0 Å². The van der Waals surface area contributed by atoms with Gasteiger partial charge in [-0.05, 0) is 87.3 Å². The molecule has 0 unspecified atom stereocenters. The summed E-state index contributed by atoms with van der Waals surface area (Å²) in [6, 6.07) is 76.0. The normalized spacial score (nSPS) is 13.3. The maximum Gasteiger partial charge on any atom is 0.160 e. The highest BCUT2D eigenvalue weighted by atomic mass is 32.2. The number of furan rings is 1. The molecule has 1 aliphatic carbocycles. The van der Waals surface area contributed by atoms with Crippen molar-refractivity contribution in [3.05, 3.63) is 235 Å². The molecule has 4 nitrogen and oxygen atoms in total. The smallest absolute Gasteiger partial charge is 0.160 e. The van der Waals surface area contributed by atoms with Crippen LogP contribution < -0.4 is 0 Å². The molecule has 0 atom stereocenters. The van der Waals surface area contributed by atoms with Crippen molar-refractivity contribution in [2.24, 2.45) is 0 Å². The fourth-order valence-corrected chi connectivity index (χ4v) is 12.0. The SMILES string of the molecule is c1ccc(-c2nc(-c3cccc(-c4nc5ccccc5c5cc6c(cc45)Sc4ccccc4C64c5ccccc5-c5ccccc54)c3)cc(-c3cccc4c3oc3ccccc34)n2)cc1. The molecule has 0 radical (unpaired) electrons. The summed E-state index contributed by atoms with van der Waals surface area (Å²) >= 11 is 1.87. The molecule has 9 aromatic carbocycles. The van der Waals surface area contributed by atoms with Gasteiger partial charge in [-0.25, -0.2) is 15.0 Å². The van der Waals surface area contributed by atoms with E-state index >= 15 is 0 Å². The van der Waals surface area contributed by atoms with Gasteiger partial charge in [0.2, 0.25) is 0 Å². The average Bonchev–Trinajstić information content (AvgIpc) is 3.90. The second kappa shape index (κ2) is 13.9. The molecule has 1 spiro atoms. The van der Waals surface area contributed by atoms with E-state index in [9.17, 15) is 0 Å². The molecule has 0 N–H and O–H groups in total. The fourth-order valence-electron chi connectivity index (χ4n) is 10.7. The predicted molar refractivity (Wildman–Crippen MR) is 265 cm³/mol. The van der Waals surface area contributed by atoms with Crippen LogP contribution in [-0.2, 0) is 5.41 Å². The minimum atomic E-state index is -0.475. The lowest BCUT2D eigenvalue weighted by Gasteiger charge is -2.40. The molecule has 0 saturated heterocycles. The fraction of sp³-hybridized carbons (Fsp3) is 0.0167. The summed E-state index contributed by atoms with van der Waals surface area (Å²) in [5.41, 5.74) is 16.5. The topological polar surface area (TPSA) is 51.8 Å². The Kier molecular flexibility index (Phi) is 7.80. The van der Waals surface area contributed by atoms with E-state index in [-0.39, 0.29) is 0 Å². The average molecular weight is 846 g/mol. The van der Waals surface area contributed by atoms with E-state index in [1.165, 1.54) is 48.6 Å². The Labute approximate surface area is 378 Å². The van der Waals surface area contributed by atoms with Gasteiger partial charge in [-0.1, -0.05) is 176 Å². The van der Waals surface area contributed by atoms with E-state index in [0.29, 0.717) is 5.82 Å². The summed E-state index contributed by atoms with van der Waals surface area (Å²) in [5, 5.41) is 5.58. The monoisotopic (exact) mass is 845 g/mol. The van der Waals surface area contributed by atoms with Crippen LogP contribution >= 0.6 is 11.8 Å². The van der Waals surface area contributed by atoms with Gasteiger partial charge >= 0.3 is 0 Å². The number of benzene rings is 9. The standard InChI is InChI=1S/C60H35N3OS/c1-2-16-36(17-3-1)59-62-52(35-53(63-59)44-25-15-24-43-42-23-7-12-30-54(42)64-58(43)44)37-18-14-19-38(32-37)57-46-34-56-50(33-45(46)41-22-6-11-29-51(41)61-57)60(49-28-10-13-31-55(49)65-56)47-26-8-4-20-39(47)40-21-5-9-27-48(40)60/h1-35H. The predicted octanol–water partition coefficient (Wildman–Crippen LogP) is 15.6. The van der Waals surface area contributed by atoms with Crippen LogP contribution in [-0.4, -0.2) is 15.0 Å². The maximum atomic E-state index is 6.54. The van der Waals surface area contributed by atoms with Crippen LogP contribution in [0.1, 0.15) is 22.3 Å². The lowest BCUT2D eigenvalue weighted by molar-refractivity contribution is 0.670. The van der Waals surface area contributed by atoms with E-state index in [1.807, 2.05) is 42.1 Å². The van der Waals surface area contributed by atoms with Gasteiger partial charge in [-0.15, -0.1) is 0 Å². The van der Waals surface area contributed by atoms with Gasteiger partial charge in [0.05, 0.1) is 28.0 Å². The number of rotatable bonds is 4. The van der Waals surface area contributed by atoms with Crippen molar-refractivity contribution in [2.75, 3.05) is 0 Å². The van der Waals surface area contributed by atoms with Crippen LogP contribution in [0.15, 0.2) is 227 Å². The minimum absolute atomic E-state index is 0.475. The third-order valence-corrected chi connectivity index (χ3v) is 14.7. The lowest BCUT2D eigenvalue weighted by atomic mass is 9.67. The largest absolute Gasteiger partial charge is 0.455 e.